The van der Waals surface area contributed by atoms with Gasteiger partial charge in [-0.1, -0.05) is 17.9 Å². The molecule has 0 fully saturated rings. The highest BCUT2D eigenvalue weighted by Gasteiger charge is 2.35. The van der Waals surface area contributed by atoms with Crippen molar-refractivity contribution in [1.29, 1.82) is 0 Å². The summed E-state index contributed by atoms with van der Waals surface area (Å²) >= 11 is 0. The number of nitrogens with one attached hydrogen (secondary N) is 1. The van der Waals surface area contributed by atoms with Crippen molar-refractivity contribution in [2.24, 2.45) is 4.99 Å². The smallest absolute Gasteiger partial charge is 0.415 e. The van der Waals surface area contributed by atoms with E-state index in [-0.39, 0.29) is 29.9 Å². The Balaban J connectivity index is 1.68. The molecule has 0 unspecified atom stereocenters. The molecule has 11 heteroatoms. The number of hydrogen-bond donors (Lipinski definition) is 1. The number of allylic oxidation sites excluding steroid dienone is 2. The third-order valence-corrected chi connectivity index (χ3v) is 5.08. The number of aliphatic imine (C=N–C) groups is 1. The Labute approximate surface area is 198 Å². The molecule has 4 rings (SSSR count). The summed E-state index contributed by atoms with van der Waals surface area (Å²) in [6, 6.07) is 9.60. The molecule has 2 aromatic heterocycles. The van der Waals surface area contributed by atoms with Crippen molar-refractivity contribution in [2.75, 3.05) is 4.90 Å². The summed E-state index contributed by atoms with van der Waals surface area (Å²) in [5.41, 5.74) is 3.10. The van der Waals surface area contributed by atoms with Crippen molar-refractivity contribution in [1.82, 2.24) is 20.5 Å². The van der Waals surface area contributed by atoms with Gasteiger partial charge in [0.2, 0.25) is 11.8 Å². The number of carbonyl (C=O) groups excluding carboxylic acids is 1. The second-order valence-corrected chi connectivity index (χ2v) is 7.48. The lowest BCUT2D eigenvalue weighted by molar-refractivity contribution is -0.122. The highest BCUT2D eigenvalue weighted by atomic mass is 19.4. The number of amides is 1. The van der Waals surface area contributed by atoms with Crippen LogP contribution in [0.1, 0.15) is 18.4 Å². The molecule has 0 aliphatic carbocycles. The fourth-order valence-corrected chi connectivity index (χ4v) is 3.17. The van der Waals surface area contributed by atoms with Crippen LogP contribution in [0, 0.1) is 0 Å². The fourth-order valence-electron chi connectivity index (χ4n) is 3.17. The van der Waals surface area contributed by atoms with Crippen molar-refractivity contribution in [2.45, 2.75) is 25.7 Å². The minimum absolute atomic E-state index is 0.0227. The number of anilines is 1. The standard InChI is InChI=1S/C24H19F3N6O2/c1-15(28-2)21(34)30-14-16-4-3-5-19(12-16)33-11-8-18(24(25,26)27)13-20(33)23-32-31-22(35-23)17-6-9-29-10-7-17/h3-7,9-13,15H,2,14H2,1H3,(H,30,34)/t15-/m0/s1. The molecule has 0 radical (unpaired) electrons. The fraction of sp³-hybridized carbons (Fsp3) is 0.167. The first-order valence-electron chi connectivity index (χ1n) is 10.4. The third kappa shape index (κ3) is 5.36. The number of hydrogen-bond acceptors (Lipinski definition) is 7. The van der Waals surface area contributed by atoms with Crippen LogP contribution < -0.4 is 10.2 Å². The van der Waals surface area contributed by atoms with Gasteiger partial charge in [-0.05, 0) is 49.5 Å². The Bertz CT molecular complexity index is 1340. The molecule has 1 aliphatic heterocycles. The van der Waals surface area contributed by atoms with Crippen LogP contribution in [-0.4, -0.2) is 40.0 Å². The van der Waals surface area contributed by atoms with Gasteiger partial charge in [-0.25, -0.2) is 0 Å². The van der Waals surface area contributed by atoms with Gasteiger partial charge in [-0.2, -0.15) is 13.2 Å². The second-order valence-electron chi connectivity index (χ2n) is 7.48. The van der Waals surface area contributed by atoms with Crippen LogP contribution in [0.2, 0.25) is 0 Å². The van der Waals surface area contributed by atoms with Gasteiger partial charge in [-0.15, -0.1) is 10.2 Å². The van der Waals surface area contributed by atoms with Crippen LogP contribution in [0.15, 0.2) is 81.8 Å². The molecule has 1 atom stereocenters. The van der Waals surface area contributed by atoms with Crippen molar-refractivity contribution < 1.29 is 22.4 Å². The number of pyridine rings is 1. The number of halogens is 3. The highest BCUT2D eigenvalue weighted by Crippen LogP contribution is 2.35. The molecule has 178 valence electrons. The summed E-state index contributed by atoms with van der Waals surface area (Å²) in [6.07, 6.45) is 0.513. The Morgan fingerprint density at radius 1 is 1.23 bits per heavy atom. The molecular formula is C24H19F3N6O2. The molecule has 0 saturated carbocycles. The van der Waals surface area contributed by atoms with E-state index in [0.29, 0.717) is 16.8 Å². The first-order chi connectivity index (χ1) is 16.8. The molecule has 3 heterocycles. The molecule has 1 N–H and O–H groups in total. The minimum atomic E-state index is -4.62. The lowest BCUT2D eigenvalue weighted by Gasteiger charge is -2.24. The van der Waals surface area contributed by atoms with Crippen LogP contribution >= 0.6 is 0 Å². The van der Waals surface area contributed by atoms with Gasteiger partial charge in [0.15, 0.2) is 0 Å². The number of aromatic nitrogens is 3. The van der Waals surface area contributed by atoms with Crippen molar-refractivity contribution in [3.05, 3.63) is 83.8 Å². The maximum absolute atomic E-state index is 13.5. The van der Waals surface area contributed by atoms with Gasteiger partial charge in [0.1, 0.15) is 17.3 Å². The van der Waals surface area contributed by atoms with E-state index in [2.05, 4.69) is 37.9 Å². The summed E-state index contributed by atoms with van der Waals surface area (Å²) in [6.45, 7) is 5.16. The number of benzene rings is 1. The minimum Gasteiger partial charge on any atom is -0.415 e. The van der Waals surface area contributed by atoms with E-state index in [0.717, 1.165) is 12.3 Å². The topological polar surface area (TPSA) is 96.5 Å². The lowest BCUT2D eigenvalue weighted by atomic mass is 10.1. The number of nitrogens with zero attached hydrogens (tertiary/aromatic N) is 5. The van der Waals surface area contributed by atoms with E-state index < -0.39 is 17.8 Å². The average Bonchev–Trinajstić information content (AvgIpc) is 3.37. The zero-order chi connectivity index (χ0) is 25.0. The van der Waals surface area contributed by atoms with Crippen molar-refractivity contribution in [3.8, 4) is 11.5 Å². The maximum atomic E-state index is 13.5. The molecule has 0 bridgehead atoms. The van der Waals surface area contributed by atoms with E-state index >= 15 is 0 Å². The number of rotatable bonds is 7. The van der Waals surface area contributed by atoms with Gasteiger partial charge in [0.25, 0.3) is 5.89 Å². The van der Waals surface area contributed by atoms with Gasteiger partial charge >= 0.3 is 6.18 Å². The zero-order valence-electron chi connectivity index (χ0n) is 18.5. The summed E-state index contributed by atoms with van der Waals surface area (Å²) in [5, 5.41) is 10.7. The molecule has 8 nitrogen and oxygen atoms in total. The molecule has 1 aromatic carbocycles. The van der Waals surface area contributed by atoms with Crippen LogP contribution in [0.3, 0.4) is 0 Å². The molecule has 0 spiro atoms. The van der Waals surface area contributed by atoms with Gasteiger partial charge in [0, 0.05) is 30.2 Å². The van der Waals surface area contributed by atoms with E-state index in [1.165, 1.54) is 17.3 Å². The van der Waals surface area contributed by atoms with Crippen LogP contribution in [0.5, 0.6) is 0 Å². The summed E-state index contributed by atoms with van der Waals surface area (Å²) < 4.78 is 46.1. The van der Waals surface area contributed by atoms with Gasteiger partial charge < -0.3 is 14.6 Å². The molecule has 1 aliphatic rings. The number of alkyl halides is 3. The molecule has 1 amide bonds. The zero-order valence-corrected chi connectivity index (χ0v) is 18.5. The van der Waals surface area contributed by atoms with Crippen molar-refractivity contribution >= 4 is 24.0 Å². The van der Waals surface area contributed by atoms with Crippen LogP contribution in [0.4, 0.5) is 18.9 Å². The normalized spacial score (nSPS) is 14.2. The second kappa shape index (κ2) is 9.78. The predicted molar refractivity (Wildman–Crippen MR) is 123 cm³/mol. The predicted octanol–water partition coefficient (Wildman–Crippen LogP) is 4.30. The van der Waals surface area contributed by atoms with E-state index in [4.69, 9.17) is 4.42 Å². The molecular weight excluding hydrogens is 461 g/mol. The molecule has 35 heavy (non-hydrogen) atoms. The SMILES string of the molecule is C=N[C@@H](C)C(=O)NCc1cccc(N2C=C=C(C(F)(F)F)C=C2c2nnc(-c3ccncc3)o2)c1. The van der Waals surface area contributed by atoms with Crippen LogP contribution in [-0.2, 0) is 11.3 Å². The lowest BCUT2D eigenvalue weighted by Crippen LogP contribution is -2.31. The van der Waals surface area contributed by atoms with Crippen molar-refractivity contribution in [3.63, 3.8) is 0 Å². The summed E-state index contributed by atoms with van der Waals surface area (Å²) in [4.78, 5) is 21.0. The van der Waals surface area contributed by atoms with E-state index in [9.17, 15) is 18.0 Å². The highest BCUT2D eigenvalue weighted by molar-refractivity contribution is 5.83. The summed E-state index contributed by atoms with van der Waals surface area (Å²) in [7, 11) is 0. The largest absolute Gasteiger partial charge is 0.423 e. The Hall–Kier alpha value is -4.50. The Morgan fingerprint density at radius 3 is 2.69 bits per heavy atom. The average molecular weight is 480 g/mol. The summed E-state index contributed by atoms with van der Waals surface area (Å²) in [5.74, 6) is -0.270. The Kier molecular flexibility index (Phi) is 6.61. The third-order valence-electron chi connectivity index (χ3n) is 5.08. The van der Waals surface area contributed by atoms with Crippen LogP contribution in [0.25, 0.3) is 17.2 Å². The molecule has 3 aromatic rings. The first-order valence-corrected chi connectivity index (χ1v) is 10.4. The van der Waals surface area contributed by atoms with E-state index in [1.807, 2.05) is 0 Å². The van der Waals surface area contributed by atoms with E-state index in [1.54, 1.807) is 43.3 Å². The first kappa shape index (κ1) is 23.7. The number of carbonyl (C=O) groups is 1. The monoisotopic (exact) mass is 480 g/mol. The Morgan fingerprint density at radius 2 is 1.97 bits per heavy atom. The maximum Gasteiger partial charge on any atom is 0.423 e. The van der Waals surface area contributed by atoms with Gasteiger partial charge in [0.05, 0.1) is 6.20 Å². The molecule has 0 saturated heterocycles. The van der Waals surface area contributed by atoms with Gasteiger partial charge in [-0.3, -0.25) is 14.8 Å². The quantitative estimate of drug-likeness (QED) is 0.400.